The summed E-state index contributed by atoms with van der Waals surface area (Å²) in [6.45, 7) is 0.738. The fourth-order valence-electron chi connectivity index (χ4n) is 8.67. The Morgan fingerprint density at radius 3 is 1.60 bits per heavy atom. The second kappa shape index (κ2) is 41.4. The first-order chi connectivity index (χ1) is 44.6. The van der Waals surface area contributed by atoms with Crippen LogP contribution in [0.5, 0.6) is 5.75 Å². The number of benzene rings is 2. The number of guanidine groups is 1. The molecule has 11 amide bonds. The summed E-state index contributed by atoms with van der Waals surface area (Å²) in [5.74, 6) is -15.2. The lowest BCUT2D eigenvalue weighted by Gasteiger charge is -2.29. The third kappa shape index (κ3) is 28.3. The van der Waals surface area contributed by atoms with Crippen LogP contribution < -0.4 is 75.7 Å². The van der Waals surface area contributed by atoms with Crippen LogP contribution in [-0.4, -0.2) is 223 Å². The van der Waals surface area contributed by atoms with Crippen molar-refractivity contribution in [3.05, 3.63) is 83.9 Å². The molecule has 0 radical (unpaired) electrons. The number of aliphatic imine (C=N–C) groups is 1. The molecule has 0 bridgehead atoms. The maximum atomic E-state index is 14.4. The Hall–Kier alpha value is -9.20. The van der Waals surface area contributed by atoms with Gasteiger partial charge >= 0.3 is 11.9 Å². The number of carbonyl (C=O) groups is 13. The van der Waals surface area contributed by atoms with Gasteiger partial charge in [0.15, 0.2) is 5.96 Å². The van der Waals surface area contributed by atoms with Crippen molar-refractivity contribution < 1.29 is 82.8 Å². The van der Waals surface area contributed by atoms with Crippen molar-refractivity contribution in [2.75, 3.05) is 49.8 Å². The standard InChI is InChI=1S/C57H83N17O17S3/c1-29(2)46(55(89)73-42(27-93)54(88)69-37(19-31-11-13-33(76)14-12-31)51(85)68-35(15-17-94-3)48(82)71-39(56(90)91)20-32-23-61-28-64-32)74-49(83)34(10-7-16-62-57(59)60)67-50(84)36(18-30-8-5-4-6-9-30)65-44(78)24-63-47(81)38(21-45(79)80)70-53(87)41(26-92)72-52(86)40(25-75)66-43(77)22-58/h4-6,8-9,11-14,23,28-29,34-42,46,75-76,92-93H,7,10,15-22,24-27,58H2,1-3H3,(H,61,64)(H,63,81)(H,65,78)(H,66,77)(H,67,84)(H,68,85)(H,69,88)(H,70,87)(H,71,82)(H,72,86)(H,73,89)(H,74,83)(H,79,80)(H,90,91)(H4,59,60,62)/t34-,35-,36-,37-,38-,39-,40-,41-,42-,46-/m0/s1. The van der Waals surface area contributed by atoms with Gasteiger partial charge in [0.05, 0.1) is 32.4 Å². The molecular weight excluding hydrogens is 1290 g/mol. The number of thioether (sulfide) groups is 1. The van der Waals surface area contributed by atoms with E-state index in [0.29, 0.717) is 22.6 Å². The highest BCUT2D eigenvalue weighted by atomic mass is 32.2. The van der Waals surface area contributed by atoms with Crippen LogP contribution in [0.4, 0.5) is 0 Å². The summed E-state index contributed by atoms with van der Waals surface area (Å²) in [5.41, 5.74) is 17.7. The number of nitrogens with one attached hydrogen (secondary N) is 12. The lowest BCUT2D eigenvalue weighted by atomic mass is 10.0. The molecule has 0 fully saturated rings. The molecule has 0 saturated carbocycles. The fourth-order valence-corrected chi connectivity index (χ4v) is 9.65. The predicted octanol–water partition coefficient (Wildman–Crippen LogP) is -6.06. The molecule has 516 valence electrons. The van der Waals surface area contributed by atoms with Crippen LogP contribution >= 0.6 is 37.0 Å². The Morgan fingerprint density at radius 2 is 1.07 bits per heavy atom. The molecule has 0 spiro atoms. The lowest BCUT2D eigenvalue weighted by Crippen LogP contribution is -2.61. The van der Waals surface area contributed by atoms with Crippen molar-refractivity contribution >= 4 is 120 Å². The number of aliphatic carboxylic acids is 2. The Morgan fingerprint density at radius 1 is 0.585 bits per heavy atom. The van der Waals surface area contributed by atoms with Crippen LogP contribution in [0, 0.1) is 5.92 Å². The largest absolute Gasteiger partial charge is 0.508 e. The molecule has 0 unspecified atom stereocenters. The van der Waals surface area contributed by atoms with Gasteiger partial charge in [-0.3, -0.25) is 62.5 Å². The van der Waals surface area contributed by atoms with Crippen molar-refractivity contribution in [3.8, 4) is 5.75 Å². The van der Waals surface area contributed by atoms with Gasteiger partial charge in [-0.25, -0.2) is 9.78 Å². The quantitative estimate of drug-likeness (QED) is 0.0109. The number of thiol groups is 2. The van der Waals surface area contributed by atoms with Crippen molar-refractivity contribution in [1.29, 1.82) is 0 Å². The molecule has 94 heavy (non-hydrogen) atoms. The Labute approximate surface area is 555 Å². The van der Waals surface area contributed by atoms with Gasteiger partial charge in [-0.05, 0) is 60.4 Å². The number of hydrogen-bond acceptors (Lipinski definition) is 21. The predicted molar refractivity (Wildman–Crippen MR) is 348 cm³/mol. The molecule has 10 atom stereocenters. The summed E-state index contributed by atoms with van der Waals surface area (Å²) in [6.07, 6.45) is 2.76. The van der Waals surface area contributed by atoms with Gasteiger partial charge in [0, 0.05) is 49.2 Å². The van der Waals surface area contributed by atoms with Crippen LogP contribution in [0.25, 0.3) is 0 Å². The summed E-state index contributed by atoms with van der Waals surface area (Å²) >= 11 is 9.69. The van der Waals surface area contributed by atoms with E-state index < -0.39 is 175 Å². The number of aromatic nitrogens is 2. The van der Waals surface area contributed by atoms with Gasteiger partial charge in [-0.1, -0.05) is 56.3 Å². The minimum absolute atomic E-state index is 0.0341. The number of nitrogens with two attached hydrogens (primary N) is 3. The van der Waals surface area contributed by atoms with Crippen LogP contribution in [0.3, 0.4) is 0 Å². The molecule has 1 aromatic heterocycles. The summed E-state index contributed by atoms with van der Waals surface area (Å²) in [7, 11) is 0. The number of carboxylic acid groups (broad SMARTS) is 2. The molecular formula is C57H83N17O17S3. The van der Waals surface area contributed by atoms with Crippen molar-refractivity contribution in [1.82, 2.24) is 68.5 Å². The molecule has 0 aliphatic rings. The average Bonchev–Trinajstić information content (AvgIpc) is 0.988. The average molecular weight is 1370 g/mol. The smallest absolute Gasteiger partial charge is 0.326 e. The van der Waals surface area contributed by atoms with Gasteiger partial charge in [0.1, 0.15) is 66.2 Å². The first kappa shape index (κ1) is 79.0. The molecule has 3 aromatic rings. The minimum Gasteiger partial charge on any atom is -0.508 e. The first-order valence-corrected chi connectivity index (χ1v) is 31.9. The number of aliphatic hydroxyl groups excluding tert-OH is 1. The number of amides is 11. The SMILES string of the molecule is CSCC[C@H](NC(=O)[C@H](Cc1ccc(O)cc1)NC(=O)[C@H](CS)NC(=O)[C@@H](NC(=O)[C@H](CCCN=C(N)N)NC(=O)[C@H](Cc1ccccc1)NC(=O)CNC(=O)[C@H](CC(=O)O)NC(=O)[C@H](CS)NC(=O)[C@H](CO)NC(=O)CN)C(C)C)C(=O)N[C@@H](Cc1cnc[nH]1)C(=O)O. The molecule has 3 rings (SSSR count). The lowest BCUT2D eigenvalue weighted by molar-refractivity contribution is -0.142. The number of rotatable bonds is 42. The van der Waals surface area contributed by atoms with Gasteiger partial charge in [-0.15, -0.1) is 0 Å². The molecule has 0 aliphatic carbocycles. The van der Waals surface area contributed by atoms with E-state index in [-0.39, 0.29) is 62.5 Å². The number of H-pyrrole nitrogens is 1. The number of nitrogens with zero attached hydrogens (tertiary/aromatic N) is 2. The van der Waals surface area contributed by atoms with Crippen LogP contribution in [0.1, 0.15) is 56.4 Å². The number of phenols is 1. The molecule has 34 nitrogen and oxygen atoms in total. The zero-order chi connectivity index (χ0) is 70.0. The van der Waals surface area contributed by atoms with Crippen molar-refractivity contribution in [2.24, 2.45) is 28.1 Å². The van der Waals surface area contributed by atoms with E-state index in [1.165, 1.54) is 48.6 Å². The van der Waals surface area contributed by atoms with Crippen molar-refractivity contribution in [2.45, 2.75) is 119 Å². The first-order valence-electron chi connectivity index (χ1n) is 29.2. The highest BCUT2D eigenvalue weighted by molar-refractivity contribution is 7.98. The zero-order valence-electron chi connectivity index (χ0n) is 51.6. The van der Waals surface area contributed by atoms with E-state index in [9.17, 15) is 82.8 Å². The number of aromatic hydroxyl groups is 1. The number of aromatic amines is 1. The van der Waals surface area contributed by atoms with Crippen LogP contribution in [0.15, 0.2) is 72.1 Å². The van der Waals surface area contributed by atoms with E-state index in [0.717, 1.165) is 0 Å². The Kier molecular flexibility index (Phi) is 34.8. The molecule has 0 aliphatic heterocycles. The monoisotopic (exact) mass is 1370 g/mol. The maximum absolute atomic E-state index is 14.4. The molecule has 37 heteroatoms. The van der Waals surface area contributed by atoms with Crippen molar-refractivity contribution in [3.63, 3.8) is 0 Å². The normalized spacial score (nSPS) is 14.1. The van der Waals surface area contributed by atoms with Gasteiger partial charge in [0.2, 0.25) is 65.0 Å². The van der Waals surface area contributed by atoms with E-state index in [1.807, 2.05) is 0 Å². The highest BCUT2D eigenvalue weighted by Gasteiger charge is 2.36. The number of phenolic OH excluding ortho intramolecular Hbond substituents is 1. The molecule has 2 aromatic carbocycles. The van der Waals surface area contributed by atoms with E-state index in [1.54, 1.807) is 50.4 Å². The topological polar surface area (TPSA) is 554 Å². The number of carbonyl (C=O) groups excluding carboxylic acids is 11. The fraction of sp³-hybridized carbons (Fsp3) is 0.491. The van der Waals surface area contributed by atoms with Crippen LogP contribution in [0.2, 0.25) is 0 Å². The maximum Gasteiger partial charge on any atom is 0.326 e. The number of carboxylic acids is 2. The van der Waals surface area contributed by atoms with Gasteiger partial charge in [0.25, 0.3) is 0 Å². The summed E-state index contributed by atoms with van der Waals surface area (Å²) in [6, 6.07) is -1.24. The highest BCUT2D eigenvalue weighted by Crippen LogP contribution is 2.14. The van der Waals surface area contributed by atoms with E-state index >= 15 is 0 Å². The minimum atomic E-state index is -1.87. The van der Waals surface area contributed by atoms with Crippen LogP contribution in [-0.2, 0) is 81.6 Å². The van der Waals surface area contributed by atoms with E-state index in [2.05, 4.69) is 98.7 Å². The number of hydrogen-bond donors (Lipinski definition) is 21. The third-order valence-electron chi connectivity index (χ3n) is 13.7. The number of imidazole rings is 1. The summed E-state index contributed by atoms with van der Waals surface area (Å²) in [4.78, 5) is 185. The van der Waals surface area contributed by atoms with Gasteiger partial charge < -0.3 is 101 Å². The Bertz CT molecular complexity index is 3080. The molecule has 0 saturated heterocycles. The number of aliphatic hydroxyl groups is 1. The zero-order valence-corrected chi connectivity index (χ0v) is 54.2. The second-order valence-corrected chi connectivity index (χ2v) is 23.1. The Balaban J connectivity index is 1.87. The molecule has 1 heterocycles. The van der Waals surface area contributed by atoms with E-state index in [4.69, 9.17) is 17.2 Å². The second-order valence-electron chi connectivity index (χ2n) is 21.4. The summed E-state index contributed by atoms with van der Waals surface area (Å²) < 4.78 is 0. The summed E-state index contributed by atoms with van der Waals surface area (Å²) in [5, 5.41) is 65.8. The third-order valence-corrected chi connectivity index (χ3v) is 15.1. The van der Waals surface area contributed by atoms with Gasteiger partial charge in [-0.2, -0.15) is 37.0 Å². The molecule has 22 N–H and O–H groups in total.